The van der Waals surface area contributed by atoms with Gasteiger partial charge in [-0.3, -0.25) is 9.59 Å². The number of thiophene rings is 1. The van der Waals surface area contributed by atoms with E-state index in [-0.39, 0.29) is 23.4 Å². The number of likely N-dealkylation sites (tertiary alicyclic amines) is 1. The van der Waals surface area contributed by atoms with Crippen LogP contribution in [0.3, 0.4) is 0 Å². The van der Waals surface area contributed by atoms with Crippen LogP contribution in [-0.4, -0.2) is 57.2 Å². The van der Waals surface area contributed by atoms with Crippen LogP contribution >= 0.6 is 11.3 Å². The van der Waals surface area contributed by atoms with Crippen molar-refractivity contribution >= 4 is 28.8 Å². The maximum absolute atomic E-state index is 13.5. The van der Waals surface area contributed by atoms with Gasteiger partial charge in [-0.2, -0.15) is 0 Å². The number of aliphatic hydroxyl groups excluding tert-OH is 1. The Morgan fingerprint density at radius 1 is 0.892 bits per heavy atom. The summed E-state index contributed by atoms with van der Waals surface area (Å²) in [4.78, 5) is 29.1. The first kappa shape index (κ1) is 25.9. The fraction of sp³-hybridized carbons (Fsp3) is 0.259. The second kappa shape index (κ2) is 10.8. The summed E-state index contributed by atoms with van der Waals surface area (Å²) in [6.07, 6.45) is 0. The number of Topliss-reactive ketones (excluding diaryl/α,β-unsaturated/α-hetero) is 1. The summed E-state index contributed by atoms with van der Waals surface area (Å²) >= 11 is 1.46. The fourth-order valence-electron chi connectivity index (χ4n) is 4.36. The van der Waals surface area contributed by atoms with E-state index in [2.05, 4.69) is 0 Å². The summed E-state index contributed by atoms with van der Waals surface area (Å²) in [7, 11) is 7.37. The lowest BCUT2D eigenvalue weighted by Crippen LogP contribution is -2.29. The van der Waals surface area contributed by atoms with E-state index in [0.717, 1.165) is 4.88 Å². The predicted molar refractivity (Wildman–Crippen MR) is 138 cm³/mol. The average Bonchev–Trinajstić information content (AvgIpc) is 3.53. The normalized spacial score (nSPS) is 16.6. The predicted octanol–water partition coefficient (Wildman–Crippen LogP) is 4.41. The molecule has 0 spiro atoms. The molecule has 1 amide bonds. The first-order valence-electron chi connectivity index (χ1n) is 11.2. The van der Waals surface area contributed by atoms with Crippen molar-refractivity contribution in [2.75, 3.05) is 35.5 Å². The Morgan fingerprint density at radius 3 is 2.11 bits per heavy atom. The minimum atomic E-state index is -0.952. The number of ketones is 1. The number of amides is 1. The quantitative estimate of drug-likeness (QED) is 0.249. The fourth-order valence-corrected chi connectivity index (χ4v) is 5.07. The van der Waals surface area contributed by atoms with Crippen LogP contribution in [0.2, 0.25) is 0 Å². The Hall–Kier alpha value is -4.18. The second-order valence-corrected chi connectivity index (χ2v) is 9.06. The van der Waals surface area contributed by atoms with Gasteiger partial charge in [0.2, 0.25) is 5.75 Å². The van der Waals surface area contributed by atoms with Crippen LogP contribution < -0.4 is 23.7 Å². The number of ether oxygens (including phenoxy) is 5. The van der Waals surface area contributed by atoms with E-state index < -0.39 is 17.7 Å². The lowest BCUT2D eigenvalue weighted by molar-refractivity contribution is -0.140. The van der Waals surface area contributed by atoms with Crippen LogP contribution in [0, 0.1) is 0 Å². The molecule has 37 heavy (non-hydrogen) atoms. The number of carbonyl (C=O) groups is 2. The number of nitrogens with zero attached hydrogens (tertiary/aromatic N) is 1. The smallest absolute Gasteiger partial charge is 0.295 e. The van der Waals surface area contributed by atoms with Crippen LogP contribution in [0.4, 0.5) is 0 Å². The van der Waals surface area contributed by atoms with E-state index in [0.29, 0.717) is 34.3 Å². The van der Waals surface area contributed by atoms with Crippen LogP contribution in [-0.2, 0) is 16.1 Å². The van der Waals surface area contributed by atoms with Crippen molar-refractivity contribution in [2.24, 2.45) is 0 Å². The van der Waals surface area contributed by atoms with E-state index >= 15 is 0 Å². The molecule has 1 fully saturated rings. The van der Waals surface area contributed by atoms with Gasteiger partial charge in [0.05, 0.1) is 59.3 Å². The zero-order valence-corrected chi connectivity index (χ0v) is 21.9. The highest BCUT2D eigenvalue weighted by Gasteiger charge is 2.47. The summed E-state index contributed by atoms with van der Waals surface area (Å²) in [5.41, 5.74) is 0.615. The van der Waals surface area contributed by atoms with Crippen molar-refractivity contribution < 1.29 is 38.4 Å². The van der Waals surface area contributed by atoms with Gasteiger partial charge in [0.15, 0.2) is 11.5 Å². The molecule has 4 rings (SSSR count). The van der Waals surface area contributed by atoms with Crippen LogP contribution in [0.15, 0.2) is 53.4 Å². The zero-order chi connectivity index (χ0) is 26.7. The molecule has 0 bridgehead atoms. The molecule has 0 radical (unpaired) electrons. The minimum Gasteiger partial charge on any atom is -0.507 e. The van der Waals surface area contributed by atoms with E-state index in [9.17, 15) is 14.7 Å². The molecule has 1 aliphatic rings. The molecule has 0 saturated carbocycles. The minimum absolute atomic E-state index is 0.0950. The number of benzene rings is 2. The van der Waals surface area contributed by atoms with E-state index in [1.54, 1.807) is 30.3 Å². The highest BCUT2D eigenvalue weighted by atomic mass is 32.1. The van der Waals surface area contributed by atoms with Crippen molar-refractivity contribution in [1.82, 2.24) is 4.90 Å². The number of aliphatic hydroxyl groups is 1. The van der Waals surface area contributed by atoms with E-state index in [1.807, 2.05) is 17.5 Å². The number of hydrogen-bond acceptors (Lipinski definition) is 9. The van der Waals surface area contributed by atoms with Crippen molar-refractivity contribution in [2.45, 2.75) is 12.6 Å². The number of hydrogen-bond donors (Lipinski definition) is 1. The molecule has 194 valence electrons. The molecule has 1 unspecified atom stereocenters. The molecule has 1 aromatic heterocycles. The van der Waals surface area contributed by atoms with Crippen molar-refractivity contribution in [3.8, 4) is 28.7 Å². The monoisotopic (exact) mass is 525 g/mol. The molecular weight excluding hydrogens is 498 g/mol. The molecule has 0 aliphatic carbocycles. The summed E-state index contributed by atoms with van der Waals surface area (Å²) in [5.74, 6) is -0.144. The maximum atomic E-state index is 13.5. The molecular formula is C27H27NO8S. The van der Waals surface area contributed by atoms with Crippen molar-refractivity contribution in [1.29, 1.82) is 0 Å². The Kier molecular flexibility index (Phi) is 7.58. The molecule has 10 heteroatoms. The zero-order valence-electron chi connectivity index (χ0n) is 21.1. The Balaban J connectivity index is 1.99. The Morgan fingerprint density at radius 2 is 1.57 bits per heavy atom. The standard InChI is InChI=1S/C27H27NO8S/c1-32-16-8-9-19(33-2)18(13-16)24(29)22-23(15-11-20(34-3)26(36-5)21(12-15)35-4)28(27(31)25(22)30)14-17-7-6-10-37-17/h6-13,23,29H,14H2,1-5H3/b24-22+. The second-order valence-electron chi connectivity index (χ2n) is 8.03. The molecule has 1 aliphatic heterocycles. The van der Waals surface area contributed by atoms with Gasteiger partial charge in [0, 0.05) is 4.88 Å². The number of methoxy groups -OCH3 is 5. The van der Waals surface area contributed by atoms with Gasteiger partial charge in [-0.05, 0) is 47.3 Å². The molecule has 2 aromatic carbocycles. The number of carbonyl (C=O) groups excluding carboxylic acids is 2. The van der Waals surface area contributed by atoms with Gasteiger partial charge in [0.1, 0.15) is 17.3 Å². The van der Waals surface area contributed by atoms with Crippen molar-refractivity contribution in [3.63, 3.8) is 0 Å². The van der Waals surface area contributed by atoms with Gasteiger partial charge < -0.3 is 33.7 Å². The molecule has 1 saturated heterocycles. The summed E-state index contributed by atoms with van der Waals surface area (Å²) in [6, 6.07) is 10.9. The first-order chi connectivity index (χ1) is 17.9. The Labute approximate surface area is 218 Å². The lowest BCUT2D eigenvalue weighted by atomic mass is 9.94. The lowest BCUT2D eigenvalue weighted by Gasteiger charge is -2.26. The van der Waals surface area contributed by atoms with Crippen molar-refractivity contribution in [3.05, 3.63) is 69.4 Å². The highest BCUT2D eigenvalue weighted by Crippen LogP contribution is 2.47. The average molecular weight is 526 g/mol. The van der Waals surface area contributed by atoms with Crippen LogP contribution in [0.5, 0.6) is 28.7 Å². The molecule has 9 nitrogen and oxygen atoms in total. The van der Waals surface area contributed by atoms with Gasteiger partial charge in [-0.1, -0.05) is 6.07 Å². The third-order valence-corrected chi connectivity index (χ3v) is 6.97. The van der Waals surface area contributed by atoms with Crippen LogP contribution in [0.1, 0.15) is 22.0 Å². The Bertz CT molecular complexity index is 1320. The van der Waals surface area contributed by atoms with E-state index in [4.69, 9.17) is 23.7 Å². The largest absolute Gasteiger partial charge is 0.507 e. The molecule has 3 aromatic rings. The number of rotatable bonds is 9. The first-order valence-corrected chi connectivity index (χ1v) is 12.1. The molecule has 2 heterocycles. The molecule has 1 N–H and O–H groups in total. The third kappa shape index (κ3) is 4.67. The SMILES string of the molecule is COc1ccc(OC)c(/C(O)=C2\C(=O)C(=O)N(Cc3cccs3)C2c2cc(OC)c(OC)c(OC)c2)c1. The van der Waals surface area contributed by atoms with Gasteiger partial charge in [-0.25, -0.2) is 0 Å². The summed E-state index contributed by atoms with van der Waals surface area (Å²) in [5, 5.41) is 13.4. The van der Waals surface area contributed by atoms with Crippen LogP contribution in [0.25, 0.3) is 5.76 Å². The summed E-state index contributed by atoms with van der Waals surface area (Å²) in [6.45, 7) is 0.162. The van der Waals surface area contributed by atoms with Gasteiger partial charge in [-0.15, -0.1) is 11.3 Å². The van der Waals surface area contributed by atoms with Gasteiger partial charge >= 0.3 is 0 Å². The topological polar surface area (TPSA) is 104 Å². The third-order valence-electron chi connectivity index (χ3n) is 6.11. The molecule has 1 atom stereocenters. The highest BCUT2D eigenvalue weighted by molar-refractivity contribution is 7.09. The van der Waals surface area contributed by atoms with E-state index in [1.165, 1.54) is 51.8 Å². The maximum Gasteiger partial charge on any atom is 0.295 e. The summed E-state index contributed by atoms with van der Waals surface area (Å²) < 4.78 is 27.2. The van der Waals surface area contributed by atoms with Gasteiger partial charge in [0.25, 0.3) is 11.7 Å².